The van der Waals surface area contributed by atoms with Crippen LogP contribution in [0.1, 0.15) is 31.2 Å². The largest absolute Gasteiger partial charge is 0.295 e. The van der Waals surface area contributed by atoms with Crippen molar-refractivity contribution in [3.8, 4) is 0 Å². The molecule has 3 heterocycles. The molecule has 1 unspecified atom stereocenters. The third kappa shape index (κ3) is 2.54. The molecule has 3 rings (SSSR count). The molecule has 2 aliphatic rings. The Morgan fingerprint density at radius 3 is 3.00 bits per heavy atom. The van der Waals surface area contributed by atoms with Gasteiger partial charge >= 0.3 is 0 Å². The number of thiazole rings is 1. The zero-order chi connectivity index (χ0) is 11.7. The lowest BCUT2D eigenvalue weighted by molar-refractivity contribution is -0.00622. The Labute approximate surface area is 107 Å². The number of likely N-dealkylation sites (tertiary alicyclic amines) is 2. The van der Waals surface area contributed by atoms with E-state index < -0.39 is 0 Å². The molecular formula is C13H21N3S. The molecule has 1 aromatic heterocycles. The Bertz CT molecular complexity index is 346. The first-order chi connectivity index (χ1) is 8.33. The van der Waals surface area contributed by atoms with Crippen LogP contribution in [0, 0.1) is 0 Å². The van der Waals surface area contributed by atoms with E-state index in [0.717, 1.165) is 18.6 Å². The smallest absolute Gasteiger partial charge is 0.107 e. The van der Waals surface area contributed by atoms with Crippen molar-refractivity contribution in [3.05, 3.63) is 16.6 Å². The number of nitrogens with zero attached hydrogens (tertiary/aromatic N) is 3. The Morgan fingerprint density at radius 2 is 2.29 bits per heavy atom. The molecular weight excluding hydrogens is 230 g/mol. The Kier molecular flexibility index (Phi) is 3.45. The van der Waals surface area contributed by atoms with Crippen molar-refractivity contribution in [2.45, 2.75) is 44.8 Å². The van der Waals surface area contributed by atoms with Crippen LogP contribution in [0.3, 0.4) is 0 Å². The molecule has 0 N–H and O–H groups in total. The van der Waals surface area contributed by atoms with Crippen molar-refractivity contribution in [1.82, 2.24) is 14.8 Å². The predicted molar refractivity (Wildman–Crippen MR) is 71.2 cm³/mol. The molecule has 94 valence electrons. The highest BCUT2D eigenvalue weighted by Gasteiger charge is 2.34. The molecule has 4 heteroatoms. The summed E-state index contributed by atoms with van der Waals surface area (Å²) in [6, 6.07) is 1.61. The van der Waals surface area contributed by atoms with Gasteiger partial charge in [-0.15, -0.1) is 11.3 Å². The number of piperidine rings is 1. The van der Waals surface area contributed by atoms with Gasteiger partial charge < -0.3 is 0 Å². The monoisotopic (exact) mass is 251 g/mol. The summed E-state index contributed by atoms with van der Waals surface area (Å²) in [7, 11) is 0. The summed E-state index contributed by atoms with van der Waals surface area (Å²) in [6.07, 6.45) is 6.12. The second-order valence-corrected chi connectivity index (χ2v) is 6.34. The van der Waals surface area contributed by atoms with Crippen LogP contribution in [0.4, 0.5) is 0 Å². The van der Waals surface area contributed by atoms with Crippen molar-refractivity contribution in [3.63, 3.8) is 0 Å². The lowest BCUT2D eigenvalue weighted by Gasteiger charge is -2.49. The lowest BCUT2D eigenvalue weighted by Crippen LogP contribution is -2.61. The Balaban J connectivity index is 1.47. The zero-order valence-electron chi connectivity index (χ0n) is 10.5. The van der Waals surface area contributed by atoms with Crippen LogP contribution in [-0.2, 0) is 6.54 Å². The molecule has 2 saturated heterocycles. The molecule has 0 aliphatic carbocycles. The summed E-state index contributed by atoms with van der Waals surface area (Å²) >= 11 is 1.77. The number of hydrogen-bond acceptors (Lipinski definition) is 4. The van der Waals surface area contributed by atoms with Gasteiger partial charge in [0.25, 0.3) is 0 Å². The molecule has 1 atom stereocenters. The van der Waals surface area contributed by atoms with Gasteiger partial charge in [-0.2, -0.15) is 0 Å². The average molecular weight is 251 g/mol. The van der Waals surface area contributed by atoms with Crippen LogP contribution in [0.15, 0.2) is 11.6 Å². The molecule has 0 saturated carbocycles. The average Bonchev–Trinajstić information content (AvgIpc) is 2.77. The molecule has 0 radical (unpaired) electrons. The highest BCUT2D eigenvalue weighted by atomic mass is 32.1. The van der Waals surface area contributed by atoms with Gasteiger partial charge in [0.15, 0.2) is 0 Å². The quantitative estimate of drug-likeness (QED) is 0.821. The maximum Gasteiger partial charge on any atom is 0.107 e. The van der Waals surface area contributed by atoms with Gasteiger partial charge in [-0.25, -0.2) is 4.98 Å². The lowest BCUT2D eigenvalue weighted by atomic mass is 9.97. The van der Waals surface area contributed by atoms with Crippen molar-refractivity contribution in [2.75, 3.05) is 19.6 Å². The molecule has 2 fully saturated rings. The van der Waals surface area contributed by atoms with Gasteiger partial charge in [0.2, 0.25) is 0 Å². The van der Waals surface area contributed by atoms with E-state index in [0.29, 0.717) is 0 Å². The normalized spacial score (nSPS) is 28.2. The van der Waals surface area contributed by atoms with E-state index in [1.54, 1.807) is 11.3 Å². The maximum absolute atomic E-state index is 4.35. The first-order valence-electron chi connectivity index (χ1n) is 6.69. The number of hydrogen-bond donors (Lipinski definition) is 0. The first-order valence-corrected chi connectivity index (χ1v) is 7.57. The van der Waals surface area contributed by atoms with Gasteiger partial charge in [0.05, 0.1) is 6.54 Å². The highest BCUT2D eigenvalue weighted by molar-refractivity contribution is 7.09. The van der Waals surface area contributed by atoms with Gasteiger partial charge in [0, 0.05) is 36.8 Å². The fourth-order valence-electron chi connectivity index (χ4n) is 3.07. The van der Waals surface area contributed by atoms with Crippen LogP contribution >= 0.6 is 11.3 Å². The molecule has 2 aliphatic heterocycles. The van der Waals surface area contributed by atoms with E-state index in [1.165, 1.54) is 43.9 Å². The van der Waals surface area contributed by atoms with Gasteiger partial charge in [-0.05, 0) is 26.3 Å². The van der Waals surface area contributed by atoms with Crippen LogP contribution in [0.2, 0.25) is 0 Å². The summed E-state index contributed by atoms with van der Waals surface area (Å²) in [6.45, 7) is 7.24. The fourth-order valence-corrected chi connectivity index (χ4v) is 3.72. The van der Waals surface area contributed by atoms with Crippen LogP contribution in [0.25, 0.3) is 0 Å². The van der Waals surface area contributed by atoms with Crippen LogP contribution < -0.4 is 0 Å². The van der Waals surface area contributed by atoms with E-state index in [4.69, 9.17) is 0 Å². The van der Waals surface area contributed by atoms with E-state index in [9.17, 15) is 0 Å². The Hall–Kier alpha value is -0.450. The van der Waals surface area contributed by atoms with Crippen molar-refractivity contribution >= 4 is 11.3 Å². The van der Waals surface area contributed by atoms with E-state index in [2.05, 4.69) is 27.1 Å². The molecule has 1 aromatic rings. The summed E-state index contributed by atoms with van der Waals surface area (Å²) in [5.74, 6) is 0. The van der Waals surface area contributed by atoms with Gasteiger partial charge in [-0.1, -0.05) is 6.42 Å². The second kappa shape index (κ2) is 5.04. The minimum atomic E-state index is 0.802. The fraction of sp³-hybridized carbons (Fsp3) is 0.769. The standard InChI is InChI=1S/C13H21N3S/c1-11-4-2-3-6-16(11)12-8-15(9-12)10-13-14-5-7-17-13/h5,7,11-12H,2-4,6,8-10H2,1H3. The Morgan fingerprint density at radius 1 is 1.41 bits per heavy atom. The molecule has 3 nitrogen and oxygen atoms in total. The topological polar surface area (TPSA) is 19.4 Å². The number of rotatable bonds is 3. The van der Waals surface area contributed by atoms with Crippen molar-refractivity contribution < 1.29 is 0 Å². The van der Waals surface area contributed by atoms with Crippen LogP contribution in [-0.4, -0.2) is 46.5 Å². The third-order valence-electron chi connectivity index (χ3n) is 4.10. The van der Waals surface area contributed by atoms with E-state index in [1.807, 2.05) is 6.20 Å². The summed E-state index contributed by atoms with van der Waals surface area (Å²) in [4.78, 5) is 9.60. The predicted octanol–water partition coefficient (Wildman–Crippen LogP) is 2.20. The molecule has 0 amide bonds. The summed E-state index contributed by atoms with van der Waals surface area (Å²) < 4.78 is 0. The molecule has 0 bridgehead atoms. The minimum Gasteiger partial charge on any atom is -0.295 e. The van der Waals surface area contributed by atoms with E-state index in [-0.39, 0.29) is 0 Å². The molecule has 0 aromatic carbocycles. The van der Waals surface area contributed by atoms with Crippen molar-refractivity contribution in [2.24, 2.45) is 0 Å². The molecule has 0 spiro atoms. The SMILES string of the molecule is CC1CCCCN1C1CN(Cc2nccs2)C1. The minimum absolute atomic E-state index is 0.802. The van der Waals surface area contributed by atoms with Gasteiger partial charge in [-0.3, -0.25) is 9.80 Å². The first kappa shape index (κ1) is 11.6. The van der Waals surface area contributed by atoms with Crippen molar-refractivity contribution in [1.29, 1.82) is 0 Å². The number of aromatic nitrogens is 1. The third-order valence-corrected chi connectivity index (χ3v) is 4.87. The van der Waals surface area contributed by atoms with E-state index >= 15 is 0 Å². The molecule has 17 heavy (non-hydrogen) atoms. The zero-order valence-corrected chi connectivity index (χ0v) is 11.3. The van der Waals surface area contributed by atoms with Crippen LogP contribution in [0.5, 0.6) is 0 Å². The maximum atomic E-state index is 4.35. The highest BCUT2D eigenvalue weighted by Crippen LogP contribution is 2.25. The second-order valence-electron chi connectivity index (χ2n) is 5.36. The summed E-state index contributed by atoms with van der Waals surface area (Å²) in [5, 5.41) is 3.33. The summed E-state index contributed by atoms with van der Waals surface area (Å²) in [5.41, 5.74) is 0. The van der Waals surface area contributed by atoms with Gasteiger partial charge in [0.1, 0.15) is 5.01 Å².